The zero-order valence-electron chi connectivity index (χ0n) is 10.6. The van der Waals surface area contributed by atoms with E-state index in [1.807, 2.05) is 32.9 Å². The minimum absolute atomic E-state index is 0.0577. The lowest BCUT2D eigenvalue weighted by Gasteiger charge is -2.15. The molecule has 1 aromatic carbocycles. The molecule has 1 unspecified atom stereocenters. The summed E-state index contributed by atoms with van der Waals surface area (Å²) in [5.74, 6) is 0.0577. The van der Waals surface area contributed by atoms with Crippen molar-refractivity contribution in [3.8, 4) is 6.07 Å². The first-order valence-corrected chi connectivity index (χ1v) is 6.05. The Morgan fingerprint density at radius 1 is 1.44 bits per heavy atom. The highest BCUT2D eigenvalue weighted by molar-refractivity contribution is 6.31. The molecule has 0 aromatic heterocycles. The highest BCUT2D eigenvalue weighted by atomic mass is 35.5. The van der Waals surface area contributed by atoms with Gasteiger partial charge in [0.2, 0.25) is 0 Å². The summed E-state index contributed by atoms with van der Waals surface area (Å²) in [5, 5.41) is 14.7. The zero-order valence-corrected chi connectivity index (χ0v) is 11.4. The van der Waals surface area contributed by atoms with Crippen LogP contribution in [0.5, 0.6) is 0 Å². The van der Waals surface area contributed by atoms with Crippen LogP contribution in [0.2, 0.25) is 5.02 Å². The molecule has 18 heavy (non-hydrogen) atoms. The quantitative estimate of drug-likeness (QED) is 0.880. The van der Waals surface area contributed by atoms with Gasteiger partial charge in [-0.2, -0.15) is 5.26 Å². The summed E-state index contributed by atoms with van der Waals surface area (Å²) < 4.78 is 0. The number of anilines is 1. The molecule has 96 valence electrons. The molecule has 4 nitrogen and oxygen atoms in total. The number of nitriles is 1. The SMILES string of the molecule is Cc1ccc(NC(=O)NC(C#N)C(C)C)cc1Cl. The van der Waals surface area contributed by atoms with E-state index in [-0.39, 0.29) is 5.92 Å². The van der Waals surface area contributed by atoms with Gasteiger partial charge in [-0.25, -0.2) is 4.79 Å². The van der Waals surface area contributed by atoms with Crippen LogP contribution in [0.1, 0.15) is 19.4 Å². The van der Waals surface area contributed by atoms with Gasteiger partial charge in [0.05, 0.1) is 6.07 Å². The van der Waals surface area contributed by atoms with Crippen LogP contribution in [-0.2, 0) is 0 Å². The lowest BCUT2D eigenvalue weighted by molar-refractivity contribution is 0.248. The van der Waals surface area contributed by atoms with Crippen LogP contribution in [0.25, 0.3) is 0 Å². The van der Waals surface area contributed by atoms with Gasteiger partial charge in [0.1, 0.15) is 6.04 Å². The van der Waals surface area contributed by atoms with Crippen molar-refractivity contribution in [1.82, 2.24) is 5.32 Å². The standard InChI is InChI=1S/C13H16ClN3O/c1-8(2)12(7-15)17-13(18)16-10-5-4-9(3)11(14)6-10/h4-6,8,12H,1-3H3,(H2,16,17,18). The molecule has 0 saturated heterocycles. The number of benzene rings is 1. The van der Waals surface area contributed by atoms with E-state index in [2.05, 4.69) is 10.6 Å². The van der Waals surface area contributed by atoms with Gasteiger partial charge in [0.25, 0.3) is 0 Å². The van der Waals surface area contributed by atoms with E-state index >= 15 is 0 Å². The summed E-state index contributed by atoms with van der Waals surface area (Å²) in [5.41, 5.74) is 1.54. The molecule has 0 fully saturated rings. The Morgan fingerprint density at radius 3 is 2.61 bits per heavy atom. The number of carbonyl (C=O) groups excluding carboxylic acids is 1. The number of hydrogen-bond donors (Lipinski definition) is 2. The monoisotopic (exact) mass is 265 g/mol. The predicted octanol–water partition coefficient (Wildman–Crippen LogP) is 3.32. The maximum absolute atomic E-state index is 11.7. The molecule has 0 radical (unpaired) electrons. The predicted molar refractivity (Wildman–Crippen MR) is 72.6 cm³/mol. The van der Waals surface area contributed by atoms with Crippen molar-refractivity contribution in [3.05, 3.63) is 28.8 Å². The van der Waals surface area contributed by atoms with Crippen molar-refractivity contribution in [2.75, 3.05) is 5.32 Å². The number of halogens is 1. The summed E-state index contributed by atoms with van der Waals surface area (Å²) in [6.45, 7) is 5.63. The Bertz CT molecular complexity index is 480. The van der Waals surface area contributed by atoms with Crippen molar-refractivity contribution in [2.45, 2.75) is 26.8 Å². The fraction of sp³-hybridized carbons (Fsp3) is 0.385. The lowest BCUT2D eigenvalue weighted by Crippen LogP contribution is -2.40. The average molecular weight is 266 g/mol. The number of aryl methyl sites for hydroxylation is 1. The summed E-state index contributed by atoms with van der Waals surface area (Å²) in [4.78, 5) is 11.7. The number of carbonyl (C=O) groups is 1. The van der Waals surface area contributed by atoms with Crippen LogP contribution in [0.3, 0.4) is 0 Å². The highest BCUT2D eigenvalue weighted by Gasteiger charge is 2.15. The summed E-state index contributed by atoms with van der Waals surface area (Å²) in [7, 11) is 0. The molecule has 0 aliphatic carbocycles. The number of hydrogen-bond acceptors (Lipinski definition) is 2. The zero-order chi connectivity index (χ0) is 13.7. The number of rotatable bonds is 3. The highest BCUT2D eigenvalue weighted by Crippen LogP contribution is 2.19. The summed E-state index contributed by atoms with van der Waals surface area (Å²) >= 11 is 5.96. The van der Waals surface area contributed by atoms with Gasteiger partial charge in [-0.15, -0.1) is 0 Å². The third-order valence-electron chi connectivity index (χ3n) is 2.52. The first-order chi connectivity index (χ1) is 8.43. The minimum Gasteiger partial charge on any atom is -0.322 e. The molecule has 1 aromatic rings. The fourth-order valence-electron chi connectivity index (χ4n) is 1.33. The van der Waals surface area contributed by atoms with Gasteiger partial charge < -0.3 is 10.6 Å². The number of urea groups is 1. The molecule has 1 atom stereocenters. The molecule has 1 rings (SSSR count). The molecule has 0 spiro atoms. The van der Waals surface area contributed by atoms with Gasteiger partial charge in [-0.05, 0) is 30.5 Å². The molecule has 0 aliphatic rings. The summed E-state index contributed by atoms with van der Waals surface area (Å²) in [6, 6.07) is 6.38. The summed E-state index contributed by atoms with van der Waals surface area (Å²) in [6.07, 6.45) is 0. The first kappa shape index (κ1) is 14.3. The molecule has 0 bridgehead atoms. The first-order valence-electron chi connectivity index (χ1n) is 5.67. The topological polar surface area (TPSA) is 64.9 Å². The van der Waals surface area contributed by atoms with E-state index < -0.39 is 12.1 Å². The Balaban J connectivity index is 2.65. The third kappa shape index (κ3) is 3.94. The van der Waals surface area contributed by atoms with E-state index in [4.69, 9.17) is 16.9 Å². The van der Waals surface area contributed by atoms with E-state index in [0.717, 1.165) is 5.56 Å². The van der Waals surface area contributed by atoms with Crippen LogP contribution >= 0.6 is 11.6 Å². The molecule has 0 heterocycles. The van der Waals surface area contributed by atoms with Crippen molar-refractivity contribution in [1.29, 1.82) is 5.26 Å². The Labute approximate surface area is 112 Å². The maximum Gasteiger partial charge on any atom is 0.320 e. The van der Waals surface area contributed by atoms with Crippen molar-refractivity contribution in [3.63, 3.8) is 0 Å². The van der Waals surface area contributed by atoms with Crippen molar-refractivity contribution >= 4 is 23.3 Å². The lowest BCUT2D eigenvalue weighted by atomic mass is 10.1. The number of nitrogens with zero attached hydrogens (tertiary/aromatic N) is 1. The van der Waals surface area contributed by atoms with E-state index in [1.165, 1.54) is 0 Å². The van der Waals surface area contributed by atoms with Gasteiger partial charge >= 0.3 is 6.03 Å². The van der Waals surface area contributed by atoms with E-state index in [9.17, 15) is 4.79 Å². The van der Waals surface area contributed by atoms with Gasteiger partial charge in [-0.3, -0.25) is 0 Å². The molecular formula is C13H16ClN3O. The van der Waals surface area contributed by atoms with Gasteiger partial charge in [0.15, 0.2) is 0 Å². The molecule has 0 saturated carbocycles. The van der Waals surface area contributed by atoms with Crippen LogP contribution in [0.4, 0.5) is 10.5 Å². The average Bonchev–Trinajstić information content (AvgIpc) is 2.30. The molecule has 2 N–H and O–H groups in total. The van der Waals surface area contributed by atoms with Gasteiger partial charge in [-0.1, -0.05) is 31.5 Å². The molecule has 5 heteroatoms. The second kappa shape index (κ2) is 6.27. The largest absolute Gasteiger partial charge is 0.322 e. The van der Waals surface area contributed by atoms with Gasteiger partial charge in [0, 0.05) is 10.7 Å². The third-order valence-corrected chi connectivity index (χ3v) is 2.93. The number of amides is 2. The number of nitrogens with one attached hydrogen (secondary N) is 2. The molecule has 2 amide bonds. The molecule has 0 aliphatic heterocycles. The second-order valence-electron chi connectivity index (χ2n) is 4.41. The Hall–Kier alpha value is -1.73. The minimum atomic E-state index is -0.508. The van der Waals surface area contributed by atoms with Crippen molar-refractivity contribution in [2.24, 2.45) is 5.92 Å². The van der Waals surface area contributed by atoms with Crippen LogP contribution < -0.4 is 10.6 Å². The second-order valence-corrected chi connectivity index (χ2v) is 4.82. The molecular weight excluding hydrogens is 250 g/mol. The van der Waals surface area contributed by atoms with Crippen molar-refractivity contribution < 1.29 is 4.79 Å². The van der Waals surface area contributed by atoms with Crippen LogP contribution in [0.15, 0.2) is 18.2 Å². The normalized spacial score (nSPS) is 11.8. The maximum atomic E-state index is 11.7. The van der Waals surface area contributed by atoms with Crippen LogP contribution in [0, 0.1) is 24.2 Å². The van der Waals surface area contributed by atoms with E-state index in [1.54, 1.807) is 12.1 Å². The fourth-order valence-corrected chi connectivity index (χ4v) is 1.51. The Morgan fingerprint density at radius 2 is 2.11 bits per heavy atom. The Kier molecular flexibility index (Phi) is 4.99. The van der Waals surface area contributed by atoms with Crippen LogP contribution in [-0.4, -0.2) is 12.1 Å². The van der Waals surface area contributed by atoms with E-state index in [0.29, 0.717) is 10.7 Å². The smallest absolute Gasteiger partial charge is 0.320 e.